The smallest absolute Gasteiger partial charge is 0.330 e. The first-order chi connectivity index (χ1) is 12.4. The van der Waals surface area contributed by atoms with Crippen molar-refractivity contribution in [1.29, 1.82) is 0 Å². The summed E-state index contributed by atoms with van der Waals surface area (Å²) in [4.78, 5) is 23.4. The van der Waals surface area contributed by atoms with Crippen molar-refractivity contribution in [2.45, 2.75) is 83.3 Å². The lowest BCUT2D eigenvalue weighted by molar-refractivity contribution is -0.205. The summed E-state index contributed by atoms with van der Waals surface area (Å²) in [6, 6.07) is 0. The number of ether oxygens (including phenoxy) is 2. The number of carbonyl (C=O) groups excluding carboxylic acids is 2. The molecule has 4 rings (SSSR count). The second-order valence-electron chi connectivity index (χ2n) is 9.56. The Kier molecular flexibility index (Phi) is 4.44. The van der Waals surface area contributed by atoms with Crippen LogP contribution in [0.5, 0.6) is 0 Å². The highest BCUT2D eigenvalue weighted by atomic mass is 16.6. The molecule has 0 bridgehead atoms. The predicted molar refractivity (Wildman–Crippen MR) is 98.2 cm³/mol. The summed E-state index contributed by atoms with van der Waals surface area (Å²) in [7, 11) is 0. The maximum absolute atomic E-state index is 11.9. The Morgan fingerprint density at radius 2 is 1.96 bits per heavy atom. The lowest BCUT2D eigenvalue weighted by Crippen LogP contribution is -2.58. The zero-order valence-corrected chi connectivity index (χ0v) is 16.2. The van der Waals surface area contributed by atoms with E-state index >= 15 is 0 Å². The van der Waals surface area contributed by atoms with Gasteiger partial charge in [-0.15, -0.1) is 0 Å². The second kappa shape index (κ2) is 6.38. The average Bonchev–Trinajstić information content (AvgIpc) is 2.60. The van der Waals surface area contributed by atoms with Gasteiger partial charge >= 0.3 is 11.9 Å². The molecule has 0 spiro atoms. The number of fused-ring (bicyclic) bond motifs is 5. The van der Waals surface area contributed by atoms with Gasteiger partial charge in [-0.3, -0.25) is 4.79 Å². The lowest BCUT2D eigenvalue weighted by atomic mass is 9.46. The molecule has 4 fully saturated rings. The van der Waals surface area contributed by atoms with E-state index in [1.54, 1.807) is 0 Å². The molecule has 3 aliphatic carbocycles. The largest absolute Gasteiger partial charge is 0.459 e. The van der Waals surface area contributed by atoms with Gasteiger partial charge in [0.1, 0.15) is 11.7 Å². The molecule has 1 heterocycles. The van der Waals surface area contributed by atoms with E-state index in [2.05, 4.69) is 20.4 Å². The fraction of sp³-hybridized carbons (Fsp3) is 0.818. The fourth-order valence-electron chi connectivity index (χ4n) is 7.06. The molecule has 26 heavy (non-hydrogen) atoms. The predicted octanol–water partition coefficient (Wildman–Crippen LogP) is 4.42. The highest BCUT2D eigenvalue weighted by molar-refractivity contribution is 5.81. The topological polar surface area (TPSA) is 52.6 Å². The second-order valence-corrected chi connectivity index (χ2v) is 9.56. The summed E-state index contributed by atoms with van der Waals surface area (Å²) in [6.07, 6.45) is 10.6. The Balaban J connectivity index is 1.51. The number of carbonyl (C=O) groups is 2. The van der Waals surface area contributed by atoms with Crippen molar-refractivity contribution < 1.29 is 19.1 Å². The first kappa shape index (κ1) is 18.1. The quantitative estimate of drug-likeness (QED) is 0.540. The summed E-state index contributed by atoms with van der Waals surface area (Å²) in [5.41, 5.74) is 0.0964. The Morgan fingerprint density at radius 1 is 1.15 bits per heavy atom. The number of hydrogen-bond donors (Lipinski definition) is 0. The maximum Gasteiger partial charge on any atom is 0.330 e. The van der Waals surface area contributed by atoms with Gasteiger partial charge in [0.05, 0.1) is 0 Å². The Hall–Kier alpha value is -1.32. The van der Waals surface area contributed by atoms with Gasteiger partial charge in [0.25, 0.3) is 0 Å². The highest BCUT2D eigenvalue weighted by Crippen LogP contribution is 2.63. The number of hydrogen-bond acceptors (Lipinski definition) is 4. The van der Waals surface area contributed by atoms with Gasteiger partial charge in [-0.25, -0.2) is 4.79 Å². The van der Waals surface area contributed by atoms with Gasteiger partial charge in [-0.2, -0.15) is 0 Å². The van der Waals surface area contributed by atoms with Crippen molar-refractivity contribution in [2.75, 3.05) is 0 Å². The molecule has 0 aromatic rings. The van der Waals surface area contributed by atoms with E-state index in [4.69, 9.17) is 9.47 Å². The van der Waals surface area contributed by atoms with E-state index in [9.17, 15) is 9.59 Å². The van der Waals surface area contributed by atoms with Crippen LogP contribution in [0.3, 0.4) is 0 Å². The third kappa shape index (κ3) is 2.80. The van der Waals surface area contributed by atoms with Crippen LogP contribution in [0.25, 0.3) is 0 Å². The highest BCUT2D eigenvalue weighted by Gasteiger charge is 2.59. The first-order valence-electron chi connectivity index (χ1n) is 10.4. The minimum absolute atomic E-state index is 0.00774. The molecule has 0 radical (unpaired) electrons. The molecule has 4 heteroatoms. The van der Waals surface area contributed by atoms with E-state index in [-0.39, 0.29) is 23.6 Å². The zero-order chi connectivity index (χ0) is 18.5. The average molecular weight is 360 g/mol. The SMILES string of the molecule is C=CC(=O)O[C@H]1CC[C@@]2(C)C(CC[C@@H]3[C@@H]2CC[C@]2(C)OC(=O)CC[C@@H]32)C1. The first-order valence-corrected chi connectivity index (χ1v) is 10.4. The van der Waals surface area contributed by atoms with Crippen LogP contribution in [0, 0.1) is 29.1 Å². The molecular formula is C22H32O4. The van der Waals surface area contributed by atoms with Crippen molar-refractivity contribution in [3.8, 4) is 0 Å². The van der Waals surface area contributed by atoms with Crippen molar-refractivity contribution >= 4 is 11.9 Å². The van der Waals surface area contributed by atoms with E-state index < -0.39 is 0 Å². The van der Waals surface area contributed by atoms with Crippen LogP contribution < -0.4 is 0 Å². The van der Waals surface area contributed by atoms with Crippen LogP contribution in [0.4, 0.5) is 0 Å². The maximum atomic E-state index is 11.9. The molecule has 4 aliphatic rings. The molecule has 1 saturated heterocycles. The third-order valence-corrected chi connectivity index (χ3v) is 8.41. The van der Waals surface area contributed by atoms with Crippen LogP contribution in [-0.4, -0.2) is 23.6 Å². The van der Waals surface area contributed by atoms with Gasteiger partial charge in [-0.1, -0.05) is 13.5 Å². The standard InChI is InChI=1S/C22H32O4/c1-4-19(23)25-15-9-11-21(2)14(13-15)5-6-16-17(21)10-12-22(3)18(16)7-8-20(24)26-22/h4,14-18H,1,5-13H2,2-3H3/t14?,15-,16+,17-,18-,21-,22-/m0/s1. The molecule has 0 aromatic carbocycles. The molecule has 3 saturated carbocycles. The molecule has 1 unspecified atom stereocenters. The Bertz CT molecular complexity index is 613. The molecule has 144 valence electrons. The minimum Gasteiger partial charge on any atom is -0.459 e. The molecular weight excluding hydrogens is 328 g/mol. The van der Waals surface area contributed by atoms with E-state index in [0.29, 0.717) is 35.5 Å². The van der Waals surface area contributed by atoms with Crippen LogP contribution in [0.1, 0.15) is 71.6 Å². The van der Waals surface area contributed by atoms with Crippen molar-refractivity contribution in [1.82, 2.24) is 0 Å². The van der Waals surface area contributed by atoms with Gasteiger partial charge in [0.2, 0.25) is 0 Å². The van der Waals surface area contributed by atoms with Crippen LogP contribution in [-0.2, 0) is 19.1 Å². The van der Waals surface area contributed by atoms with Crippen molar-refractivity contribution in [2.24, 2.45) is 29.1 Å². The van der Waals surface area contributed by atoms with Crippen LogP contribution in [0.15, 0.2) is 12.7 Å². The summed E-state index contributed by atoms with van der Waals surface area (Å²) in [6.45, 7) is 8.17. The van der Waals surface area contributed by atoms with Crippen LogP contribution >= 0.6 is 0 Å². The van der Waals surface area contributed by atoms with Gasteiger partial charge in [0, 0.05) is 18.4 Å². The summed E-state index contributed by atoms with van der Waals surface area (Å²) in [5, 5.41) is 0. The van der Waals surface area contributed by atoms with Crippen molar-refractivity contribution in [3.05, 3.63) is 12.7 Å². The molecule has 7 atom stereocenters. The summed E-state index contributed by atoms with van der Waals surface area (Å²) in [5.74, 6) is 2.25. The van der Waals surface area contributed by atoms with E-state index in [1.165, 1.54) is 18.9 Å². The third-order valence-electron chi connectivity index (χ3n) is 8.41. The van der Waals surface area contributed by atoms with Crippen molar-refractivity contribution in [3.63, 3.8) is 0 Å². The Morgan fingerprint density at radius 3 is 2.73 bits per heavy atom. The number of esters is 2. The fourth-order valence-corrected chi connectivity index (χ4v) is 7.06. The molecule has 0 N–H and O–H groups in total. The van der Waals surface area contributed by atoms with Gasteiger partial charge in [-0.05, 0) is 81.5 Å². The molecule has 0 amide bonds. The van der Waals surface area contributed by atoms with Gasteiger partial charge in [0.15, 0.2) is 0 Å². The molecule has 0 aromatic heterocycles. The van der Waals surface area contributed by atoms with Crippen LogP contribution in [0.2, 0.25) is 0 Å². The summed E-state index contributed by atoms with van der Waals surface area (Å²) < 4.78 is 11.4. The van der Waals surface area contributed by atoms with E-state index in [1.807, 2.05) is 0 Å². The Labute approximate surface area is 156 Å². The number of rotatable bonds is 2. The molecule has 1 aliphatic heterocycles. The van der Waals surface area contributed by atoms with Gasteiger partial charge < -0.3 is 9.47 Å². The normalized spacial score (nSPS) is 47.6. The lowest BCUT2D eigenvalue weighted by Gasteiger charge is -2.61. The minimum atomic E-state index is -0.287. The molecule has 4 nitrogen and oxygen atoms in total. The zero-order valence-electron chi connectivity index (χ0n) is 16.2. The monoisotopic (exact) mass is 360 g/mol. The van der Waals surface area contributed by atoms with E-state index in [0.717, 1.165) is 38.5 Å². The summed E-state index contributed by atoms with van der Waals surface area (Å²) >= 11 is 0.